The second-order valence-electron chi connectivity index (χ2n) is 5.31. The lowest BCUT2D eigenvalue weighted by Crippen LogP contribution is -2.33. The van der Waals surface area contributed by atoms with Crippen LogP contribution in [0.5, 0.6) is 11.5 Å². The Morgan fingerprint density at radius 2 is 1.96 bits per heavy atom. The molecule has 0 unspecified atom stereocenters. The van der Waals surface area contributed by atoms with Gasteiger partial charge in [-0.05, 0) is 68.3 Å². The highest BCUT2D eigenvalue weighted by Crippen LogP contribution is 2.14. The lowest BCUT2D eigenvalue weighted by molar-refractivity contribution is -0.127. The Balaban J connectivity index is 1.85. The lowest BCUT2D eigenvalue weighted by Gasteiger charge is -2.13. The summed E-state index contributed by atoms with van der Waals surface area (Å²) in [5.41, 5.74) is 4.42. The zero-order chi connectivity index (χ0) is 17.4. The van der Waals surface area contributed by atoms with Gasteiger partial charge in [0.05, 0.1) is 12.8 Å². The van der Waals surface area contributed by atoms with Gasteiger partial charge in [-0.25, -0.2) is 5.43 Å². The van der Waals surface area contributed by atoms with E-state index in [-0.39, 0.29) is 5.91 Å². The minimum atomic E-state index is -0.635. The van der Waals surface area contributed by atoms with Crippen molar-refractivity contribution in [2.75, 3.05) is 6.61 Å². The Bertz CT molecular complexity index is 696. The van der Waals surface area contributed by atoms with Gasteiger partial charge < -0.3 is 9.47 Å². The molecule has 0 saturated carbocycles. The van der Waals surface area contributed by atoms with Crippen LogP contribution in [0.2, 0.25) is 0 Å². The van der Waals surface area contributed by atoms with E-state index in [1.165, 1.54) is 0 Å². The zero-order valence-corrected chi connectivity index (χ0v) is 14.2. The number of benzene rings is 2. The van der Waals surface area contributed by atoms with Gasteiger partial charge in [0.15, 0.2) is 6.10 Å². The summed E-state index contributed by atoms with van der Waals surface area (Å²) in [5.74, 6) is 1.16. The monoisotopic (exact) mass is 326 g/mol. The molecule has 0 aliphatic carbocycles. The topological polar surface area (TPSA) is 59.9 Å². The molecule has 2 rings (SSSR count). The van der Waals surface area contributed by atoms with Gasteiger partial charge in [-0.3, -0.25) is 4.79 Å². The third kappa shape index (κ3) is 5.43. The summed E-state index contributed by atoms with van der Waals surface area (Å²) in [4.78, 5) is 12.0. The number of hydrogen-bond acceptors (Lipinski definition) is 4. The molecule has 5 heteroatoms. The maximum atomic E-state index is 12.0. The molecule has 2 aromatic rings. The highest BCUT2D eigenvalue weighted by atomic mass is 16.5. The molecule has 0 fully saturated rings. The summed E-state index contributed by atoms with van der Waals surface area (Å²) in [7, 11) is 0. The first-order chi connectivity index (χ1) is 11.6. The first-order valence-corrected chi connectivity index (χ1v) is 7.87. The predicted octanol–water partition coefficient (Wildman–Crippen LogP) is 3.31. The Morgan fingerprint density at radius 1 is 1.21 bits per heavy atom. The fourth-order valence-electron chi connectivity index (χ4n) is 2.02. The average molecular weight is 326 g/mol. The standard InChI is InChI=1S/C19H22N2O3/c1-4-23-17-10-8-16(9-11-17)13-20-21-19(22)15(3)24-18-7-5-6-14(2)12-18/h5-13,15H,4H2,1-3H3,(H,21,22)/t15-/m1/s1. The van der Waals surface area contributed by atoms with Crippen molar-refractivity contribution in [3.05, 3.63) is 59.7 Å². The molecule has 0 aromatic heterocycles. The number of nitrogens with zero attached hydrogens (tertiary/aromatic N) is 1. The summed E-state index contributed by atoms with van der Waals surface area (Å²) < 4.78 is 11.0. The van der Waals surface area contributed by atoms with E-state index in [0.717, 1.165) is 16.9 Å². The van der Waals surface area contributed by atoms with Crippen molar-refractivity contribution in [3.63, 3.8) is 0 Å². The van der Waals surface area contributed by atoms with Crippen molar-refractivity contribution in [1.82, 2.24) is 5.43 Å². The quantitative estimate of drug-likeness (QED) is 0.627. The van der Waals surface area contributed by atoms with Crippen LogP contribution in [-0.4, -0.2) is 24.8 Å². The number of hydrogen-bond donors (Lipinski definition) is 1. The van der Waals surface area contributed by atoms with Crippen LogP contribution in [0.3, 0.4) is 0 Å². The minimum Gasteiger partial charge on any atom is -0.494 e. The molecule has 1 N–H and O–H groups in total. The van der Waals surface area contributed by atoms with Crippen molar-refractivity contribution in [2.45, 2.75) is 26.9 Å². The second kappa shape index (κ2) is 8.72. The molecular weight excluding hydrogens is 304 g/mol. The number of aryl methyl sites for hydroxylation is 1. The first kappa shape index (κ1) is 17.5. The Morgan fingerprint density at radius 3 is 2.62 bits per heavy atom. The smallest absolute Gasteiger partial charge is 0.280 e. The summed E-state index contributed by atoms with van der Waals surface area (Å²) >= 11 is 0. The number of ether oxygens (including phenoxy) is 2. The molecule has 24 heavy (non-hydrogen) atoms. The van der Waals surface area contributed by atoms with Gasteiger partial charge in [0.2, 0.25) is 0 Å². The molecule has 126 valence electrons. The third-order valence-electron chi connectivity index (χ3n) is 3.25. The Labute approximate surface area is 142 Å². The van der Waals surface area contributed by atoms with Crippen molar-refractivity contribution in [3.8, 4) is 11.5 Å². The summed E-state index contributed by atoms with van der Waals surface area (Å²) in [6.45, 7) is 6.22. The molecule has 0 spiro atoms. The molecule has 0 radical (unpaired) electrons. The lowest BCUT2D eigenvalue weighted by atomic mass is 10.2. The van der Waals surface area contributed by atoms with Gasteiger partial charge in [-0.2, -0.15) is 5.10 Å². The van der Waals surface area contributed by atoms with Crippen LogP contribution < -0.4 is 14.9 Å². The van der Waals surface area contributed by atoms with Crippen LogP contribution in [0.4, 0.5) is 0 Å². The molecule has 0 heterocycles. The van der Waals surface area contributed by atoms with E-state index in [9.17, 15) is 4.79 Å². The SMILES string of the molecule is CCOc1ccc(C=NNC(=O)[C@@H](C)Oc2cccc(C)c2)cc1. The minimum absolute atomic E-state index is 0.307. The van der Waals surface area contributed by atoms with E-state index in [4.69, 9.17) is 9.47 Å². The number of carbonyl (C=O) groups is 1. The van der Waals surface area contributed by atoms with Crippen LogP contribution in [0.1, 0.15) is 25.0 Å². The Hall–Kier alpha value is -2.82. The van der Waals surface area contributed by atoms with E-state index in [0.29, 0.717) is 12.4 Å². The van der Waals surface area contributed by atoms with E-state index in [1.807, 2.05) is 62.4 Å². The molecular formula is C19H22N2O3. The average Bonchev–Trinajstić information content (AvgIpc) is 2.56. The molecule has 2 aromatic carbocycles. The van der Waals surface area contributed by atoms with Crippen LogP contribution in [0, 0.1) is 6.92 Å². The van der Waals surface area contributed by atoms with E-state index < -0.39 is 6.10 Å². The molecule has 0 aliphatic heterocycles. The maximum absolute atomic E-state index is 12.0. The number of carbonyl (C=O) groups excluding carboxylic acids is 1. The third-order valence-corrected chi connectivity index (χ3v) is 3.25. The fourth-order valence-corrected chi connectivity index (χ4v) is 2.02. The van der Waals surface area contributed by atoms with Crippen LogP contribution in [0.15, 0.2) is 53.6 Å². The zero-order valence-electron chi connectivity index (χ0n) is 14.2. The largest absolute Gasteiger partial charge is 0.494 e. The van der Waals surface area contributed by atoms with Gasteiger partial charge in [-0.1, -0.05) is 12.1 Å². The molecule has 1 amide bonds. The molecule has 1 atom stereocenters. The number of nitrogens with one attached hydrogen (secondary N) is 1. The van der Waals surface area contributed by atoms with Crippen molar-refractivity contribution in [2.24, 2.45) is 5.10 Å². The van der Waals surface area contributed by atoms with Crippen LogP contribution in [0.25, 0.3) is 0 Å². The molecule has 0 aliphatic rings. The number of hydrazone groups is 1. The summed E-state index contributed by atoms with van der Waals surface area (Å²) in [6.07, 6.45) is 0.941. The van der Waals surface area contributed by atoms with Crippen molar-refractivity contribution in [1.29, 1.82) is 0 Å². The van der Waals surface area contributed by atoms with Crippen molar-refractivity contribution >= 4 is 12.1 Å². The molecule has 0 bridgehead atoms. The van der Waals surface area contributed by atoms with Gasteiger partial charge in [-0.15, -0.1) is 0 Å². The van der Waals surface area contributed by atoms with E-state index in [2.05, 4.69) is 10.5 Å². The molecule has 0 saturated heterocycles. The first-order valence-electron chi connectivity index (χ1n) is 7.87. The van der Waals surface area contributed by atoms with Crippen molar-refractivity contribution < 1.29 is 14.3 Å². The van der Waals surface area contributed by atoms with Gasteiger partial charge in [0, 0.05) is 0 Å². The van der Waals surface area contributed by atoms with Gasteiger partial charge in [0.25, 0.3) is 5.91 Å². The second-order valence-corrected chi connectivity index (χ2v) is 5.31. The number of amides is 1. The summed E-state index contributed by atoms with van der Waals surface area (Å²) in [5, 5.41) is 3.95. The van der Waals surface area contributed by atoms with E-state index in [1.54, 1.807) is 13.1 Å². The maximum Gasteiger partial charge on any atom is 0.280 e. The summed E-state index contributed by atoms with van der Waals surface area (Å²) in [6, 6.07) is 15.0. The Kier molecular flexibility index (Phi) is 6.37. The van der Waals surface area contributed by atoms with E-state index >= 15 is 0 Å². The fraction of sp³-hybridized carbons (Fsp3) is 0.263. The van der Waals surface area contributed by atoms with Crippen LogP contribution >= 0.6 is 0 Å². The van der Waals surface area contributed by atoms with Crippen LogP contribution in [-0.2, 0) is 4.79 Å². The van der Waals surface area contributed by atoms with Gasteiger partial charge >= 0.3 is 0 Å². The number of rotatable bonds is 7. The highest BCUT2D eigenvalue weighted by Gasteiger charge is 2.13. The van der Waals surface area contributed by atoms with Gasteiger partial charge in [0.1, 0.15) is 11.5 Å². The molecule has 5 nitrogen and oxygen atoms in total. The normalized spacial score (nSPS) is 12.0. The predicted molar refractivity (Wildman–Crippen MR) is 94.6 cm³/mol. The highest BCUT2D eigenvalue weighted by molar-refractivity contribution is 5.84.